The average molecular weight is 371 g/mol. The Morgan fingerprint density at radius 2 is 2.08 bits per heavy atom. The number of likely N-dealkylation sites (tertiary alicyclic amines) is 1. The molecule has 7 heteroatoms. The Morgan fingerprint density at radius 1 is 1.40 bits per heavy atom. The zero-order valence-corrected chi connectivity index (χ0v) is 15.1. The van der Waals surface area contributed by atoms with Crippen LogP contribution in [0.25, 0.3) is 0 Å². The lowest BCUT2D eigenvalue weighted by Gasteiger charge is -2.37. The summed E-state index contributed by atoms with van der Waals surface area (Å²) in [4.78, 5) is 14.3. The van der Waals surface area contributed by atoms with E-state index in [1.807, 2.05) is 0 Å². The molecule has 0 unspecified atom stereocenters. The summed E-state index contributed by atoms with van der Waals surface area (Å²) in [5, 5.41) is 9.28. The fraction of sp³-hybridized carbons (Fsp3) is 0.611. The number of nitrogens with zero attached hydrogens (tertiary/aromatic N) is 2. The second-order valence-corrected chi connectivity index (χ2v) is 7.50. The highest BCUT2D eigenvalue weighted by molar-refractivity contribution is 6.31. The molecular formula is C18H24ClFN2O3. The van der Waals surface area contributed by atoms with Gasteiger partial charge in [-0.05, 0) is 50.8 Å². The lowest BCUT2D eigenvalue weighted by atomic mass is 9.82. The molecule has 1 amide bonds. The largest absolute Gasteiger partial charge is 0.490 e. The normalized spacial score (nSPS) is 23.3. The molecule has 0 bridgehead atoms. The standard InChI is InChI=1S/C18H24ClFN2O3/c1-21(18(23)24)10-12-6-13(7-12)25-14-8-16(19)15(17(20)9-14)11-22-4-2-3-5-22/h8-9,12-13H,2-7,10-11H2,1H3,(H,23,24)/t12-,13-. The Morgan fingerprint density at radius 3 is 2.68 bits per heavy atom. The van der Waals surface area contributed by atoms with E-state index in [0.29, 0.717) is 35.3 Å². The van der Waals surface area contributed by atoms with E-state index >= 15 is 0 Å². The monoisotopic (exact) mass is 370 g/mol. The van der Waals surface area contributed by atoms with Gasteiger partial charge in [0.05, 0.1) is 11.1 Å². The van der Waals surface area contributed by atoms with Gasteiger partial charge in [-0.1, -0.05) is 11.6 Å². The van der Waals surface area contributed by atoms with Crippen molar-refractivity contribution >= 4 is 17.7 Å². The molecule has 0 radical (unpaired) electrons. The predicted molar refractivity (Wildman–Crippen MR) is 93.7 cm³/mol. The van der Waals surface area contributed by atoms with Crippen LogP contribution >= 0.6 is 11.6 Å². The number of carboxylic acid groups (broad SMARTS) is 1. The Kier molecular flexibility index (Phi) is 5.69. The van der Waals surface area contributed by atoms with Gasteiger partial charge in [-0.25, -0.2) is 9.18 Å². The first-order valence-corrected chi connectivity index (χ1v) is 9.11. The van der Waals surface area contributed by atoms with Gasteiger partial charge in [-0.2, -0.15) is 0 Å². The van der Waals surface area contributed by atoms with Crippen molar-refractivity contribution in [1.82, 2.24) is 9.80 Å². The molecule has 2 fully saturated rings. The molecule has 1 aromatic rings. The van der Waals surface area contributed by atoms with Crippen LogP contribution in [0, 0.1) is 11.7 Å². The lowest BCUT2D eigenvalue weighted by Crippen LogP contribution is -2.41. The first-order chi connectivity index (χ1) is 11.9. The number of benzene rings is 1. The molecule has 1 N–H and O–H groups in total. The molecule has 1 saturated carbocycles. The summed E-state index contributed by atoms with van der Waals surface area (Å²) in [7, 11) is 1.56. The highest BCUT2D eigenvalue weighted by atomic mass is 35.5. The van der Waals surface area contributed by atoms with Crippen LogP contribution in [-0.4, -0.2) is 53.8 Å². The molecule has 1 heterocycles. The molecule has 1 aromatic carbocycles. The van der Waals surface area contributed by atoms with Crippen LogP contribution in [0.1, 0.15) is 31.2 Å². The van der Waals surface area contributed by atoms with Crippen LogP contribution in [0.3, 0.4) is 0 Å². The molecular weight excluding hydrogens is 347 g/mol. The highest BCUT2D eigenvalue weighted by Crippen LogP contribution is 2.34. The summed E-state index contributed by atoms with van der Waals surface area (Å²) in [5.74, 6) is 0.416. The number of hydrogen-bond acceptors (Lipinski definition) is 3. The lowest BCUT2D eigenvalue weighted by molar-refractivity contribution is 0.0472. The average Bonchev–Trinajstić information content (AvgIpc) is 3.01. The van der Waals surface area contributed by atoms with Gasteiger partial charge in [0.25, 0.3) is 0 Å². The topological polar surface area (TPSA) is 53.0 Å². The van der Waals surface area contributed by atoms with Crippen molar-refractivity contribution in [3.05, 3.63) is 28.5 Å². The maximum absolute atomic E-state index is 14.4. The molecule has 3 rings (SSSR count). The smallest absolute Gasteiger partial charge is 0.407 e. The van der Waals surface area contributed by atoms with Gasteiger partial charge in [-0.15, -0.1) is 0 Å². The van der Waals surface area contributed by atoms with Crippen molar-refractivity contribution in [2.45, 2.75) is 38.3 Å². The third-order valence-corrected chi connectivity index (χ3v) is 5.39. The summed E-state index contributed by atoms with van der Waals surface area (Å²) in [6, 6.07) is 3.10. The molecule has 0 atom stereocenters. The highest BCUT2D eigenvalue weighted by Gasteiger charge is 2.32. The van der Waals surface area contributed by atoms with Gasteiger partial charge in [0.2, 0.25) is 0 Å². The Balaban J connectivity index is 1.53. The molecule has 25 heavy (non-hydrogen) atoms. The number of ether oxygens (including phenoxy) is 1. The van der Waals surface area contributed by atoms with E-state index in [9.17, 15) is 9.18 Å². The van der Waals surface area contributed by atoms with Gasteiger partial charge in [-0.3, -0.25) is 4.90 Å². The second kappa shape index (κ2) is 7.79. The van der Waals surface area contributed by atoms with Crippen molar-refractivity contribution in [2.24, 2.45) is 5.92 Å². The molecule has 1 saturated heterocycles. The number of carbonyl (C=O) groups is 1. The van der Waals surface area contributed by atoms with Crippen LogP contribution in [-0.2, 0) is 6.54 Å². The van der Waals surface area contributed by atoms with Crippen molar-refractivity contribution in [3.8, 4) is 5.75 Å². The van der Waals surface area contributed by atoms with Crippen LogP contribution < -0.4 is 4.74 Å². The van der Waals surface area contributed by atoms with Gasteiger partial charge in [0.1, 0.15) is 11.6 Å². The minimum absolute atomic E-state index is 0.00732. The fourth-order valence-electron chi connectivity index (χ4n) is 3.54. The van der Waals surface area contributed by atoms with Gasteiger partial charge >= 0.3 is 6.09 Å². The molecule has 138 valence electrons. The minimum atomic E-state index is -0.924. The van der Waals surface area contributed by atoms with Crippen molar-refractivity contribution < 1.29 is 19.0 Å². The number of hydrogen-bond donors (Lipinski definition) is 1. The van der Waals surface area contributed by atoms with E-state index in [1.165, 1.54) is 11.0 Å². The third kappa shape index (κ3) is 4.55. The molecule has 1 aliphatic heterocycles. The maximum Gasteiger partial charge on any atom is 0.407 e. The Bertz CT molecular complexity index is 608. The minimum Gasteiger partial charge on any atom is -0.490 e. The van der Waals surface area contributed by atoms with E-state index in [4.69, 9.17) is 21.4 Å². The molecule has 0 spiro atoms. The van der Waals surface area contributed by atoms with Crippen molar-refractivity contribution in [2.75, 3.05) is 26.7 Å². The molecule has 2 aliphatic rings. The number of halogens is 2. The van der Waals surface area contributed by atoms with Gasteiger partial charge in [0.15, 0.2) is 0 Å². The molecule has 0 aromatic heterocycles. The first-order valence-electron chi connectivity index (χ1n) is 8.73. The van der Waals surface area contributed by atoms with Crippen molar-refractivity contribution in [3.63, 3.8) is 0 Å². The van der Waals surface area contributed by atoms with E-state index in [0.717, 1.165) is 38.8 Å². The van der Waals surface area contributed by atoms with E-state index in [1.54, 1.807) is 13.1 Å². The fourth-order valence-corrected chi connectivity index (χ4v) is 3.80. The number of rotatable bonds is 6. The molecule has 1 aliphatic carbocycles. The maximum atomic E-state index is 14.4. The third-order valence-electron chi connectivity index (χ3n) is 5.05. The SMILES string of the molecule is CN(C[C@H]1C[C@H](Oc2cc(F)c(CN3CCCC3)c(Cl)c2)C1)C(=O)O. The van der Waals surface area contributed by atoms with Gasteiger partial charge < -0.3 is 14.7 Å². The first kappa shape index (κ1) is 18.3. The summed E-state index contributed by atoms with van der Waals surface area (Å²) < 4.78 is 20.2. The zero-order valence-electron chi connectivity index (χ0n) is 14.4. The summed E-state index contributed by atoms with van der Waals surface area (Å²) in [6.07, 6.45) is 2.92. The van der Waals surface area contributed by atoms with E-state index in [2.05, 4.69) is 4.90 Å². The Labute approximate surface area is 152 Å². The van der Waals surface area contributed by atoms with Gasteiger partial charge in [0, 0.05) is 31.8 Å². The van der Waals surface area contributed by atoms with Crippen LogP contribution in [0.2, 0.25) is 5.02 Å². The summed E-state index contributed by atoms with van der Waals surface area (Å²) in [6.45, 7) is 3.02. The Hall–Kier alpha value is -1.53. The van der Waals surface area contributed by atoms with Crippen LogP contribution in [0.15, 0.2) is 12.1 Å². The second-order valence-electron chi connectivity index (χ2n) is 7.09. The number of amides is 1. The summed E-state index contributed by atoms with van der Waals surface area (Å²) in [5.41, 5.74) is 0.533. The van der Waals surface area contributed by atoms with Crippen molar-refractivity contribution in [1.29, 1.82) is 0 Å². The predicted octanol–water partition coefficient (Wildman–Crippen LogP) is 3.84. The van der Waals surface area contributed by atoms with Crippen LogP contribution in [0.4, 0.5) is 9.18 Å². The quantitative estimate of drug-likeness (QED) is 0.826. The summed E-state index contributed by atoms with van der Waals surface area (Å²) >= 11 is 6.27. The molecule has 5 nitrogen and oxygen atoms in total. The van der Waals surface area contributed by atoms with E-state index in [-0.39, 0.29) is 11.9 Å². The van der Waals surface area contributed by atoms with E-state index < -0.39 is 6.09 Å². The zero-order chi connectivity index (χ0) is 18.0. The van der Waals surface area contributed by atoms with Crippen LogP contribution in [0.5, 0.6) is 5.75 Å².